The monoisotopic (exact) mass is 311 g/mol. The van der Waals surface area contributed by atoms with Crippen LogP contribution < -0.4 is 0 Å². The van der Waals surface area contributed by atoms with Crippen molar-refractivity contribution in [3.05, 3.63) is 52.1 Å². The van der Waals surface area contributed by atoms with Crippen molar-refractivity contribution in [1.29, 1.82) is 0 Å². The predicted octanol–water partition coefficient (Wildman–Crippen LogP) is 1.74. The van der Waals surface area contributed by atoms with E-state index in [4.69, 9.17) is 0 Å². The molecular weight excluding hydrogens is 298 g/mol. The molecule has 1 saturated heterocycles. The molecule has 0 N–H and O–H groups in total. The minimum atomic E-state index is -0.520. The smallest absolute Gasteiger partial charge is 0.272 e. The van der Waals surface area contributed by atoms with Gasteiger partial charge < -0.3 is 0 Å². The van der Waals surface area contributed by atoms with Crippen molar-refractivity contribution in [2.75, 3.05) is 0 Å². The Kier molecular flexibility index (Phi) is 2.90. The summed E-state index contributed by atoms with van der Waals surface area (Å²) in [6, 6.07) is 6.07. The Hall–Kier alpha value is -2.83. The van der Waals surface area contributed by atoms with E-state index >= 15 is 0 Å². The fraction of sp³-hybridized carbons (Fsp3) is 0.312. The Morgan fingerprint density at radius 2 is 1.74 bits per heavy atom. The molecular formula is C16H13N3O4. The van der Waals surface area contributed by atoms with E-state index in [0.29, 0.717) is 0 Å². The van der Waals surface area contributed by atoms with Crippen molar-refractivity contribution in [2.24, 2.45) is 28.8 Å². The average Bonchev–Trinajstić information content (AvgIpc) is 3.21. The number of hydrazone groups is 1. The lowest BCUT2D eigenvalue weighted by Crippen LogP contribution is -2.28. The molecule has 0 spiro atoms. The topological polar surface area (TPSA) is 92.9 Å². The zero-order valence-electron chi connectivity index (χ0n) is 12.0. The summed E-state index contributed by atoms with van der Waals surface area (Å²) >= 11 is 0. The highest BCUT2D eigenvalue weighted by Crippen LogP contribution is 2.52. The number of hydrogen-bond acceptors (Lipinski definition) is 5. The quantitative estimate of drug-likeness (QED) is 0.279. The van der Waals surface area contributed by atoms with Crippen LogP contribution in [-0.4, -0.2) is 28.0 Å². The first-order valence-electron chi connectivity index (χ1n) is 7.41. The van der Waals surface area contributed by atoms with Crippen molar-refractivity contribution >= 4 is 23.7 Å². The molecule has 1 aromatic rings. The second kappa shape index (κ2) is 4.84. The van der Waals surface area contributed by atoms with Crippen LogP contribution in [0.3, 0.4) is 0 Å². The molecule has 0 aromatic heterocycles. The Bertz CT molecular complexity index is 755. The maximum Gasteiger partial charge on any atom is 0.278 e. The summed E-state index contributed by atoms with van der Waals surface area (Å²) in [5.74, 6) is -1.00. The van der Waals surface area contributed by atoms with E-state index in [-0.39, 0.29) is 46.7 Å². The van der Waals surface area contributed by atoms with Gasteiger partial charge in [0.2, 0.25) is 0 Å². The maximum absolute atomic E-state index is 12.5. The van der Waals surface area contributed by atoms with Gasteiger partial charge in [-0.1, -0.05) is 24.3 Å². The van der Waals surface area contributed by atoms with Gasteiger partial charge >= 0.3 is 0 Å². The molecule has 2 bridgehead atoms. The number of carbonyl (C=O) groups excluding carboxylic acids is 2. The summed E-state index contributed by atoms with van der Waals surface area (Å²) < 4.78 is 0. The van der Waals surface area contributed by atoms with Crippen molar-refractivity contribution in [1.82, 2.24) is 5.01 Å². The molecule has 2 fully saturated rings. The van der Waals surface area contributed by atoms with E-state index in [1.807, 2.05) is 12.2 Å². The summed E-state index contributed by atoms with van der Waals surface area (Å²) in [5.41, 5.74) is 0.147. The molecule has 1 saturated carbocycles. The number of carbonyl (C=O) groups is 2. The lowest BCUT2D eigenvalue weighted by atomic mass is 9.85. The molecule has 1 aliphatic heterocycles. The fourth-order valence-corrected chi connectivity index (χ4v) is 3.88. The van der Waals surface area contributed by atoms with E-state index in [2.05, 4.69) is 5.10 Å². The number of allylic oxidation sites excluding steroid dienone is 2. The molecule has 1 heterocycles. The Labute approximate surface area is 131 Å². The highest BCUT2D eigenvalue weighted by molar-refractivity contribution is 6.07. The molecule has 4 atom stereocenters. The van der Waals surface area contributed by atoms with Gasteiger partial charge in [-0.2, -0.15) is 10.1 Å². The van der Waals surface area contributed by atoms with E-state index in [1.54, 1.807) is 12.1 Å². The predicted molar refractivity (Wildman–Crippen MR) is 80.3 cm³/mol. The number of nitro benzene ring substituents is 1. The number of nitrogens with zero attached hydrogens (tertiary/aromatic N) is 3. The van der Waals surface area contributed by atoms with Crippen LogP contribution in [0.15, 0.2) is 41.5 Å². The number of fused-ring (bicyclic) bond motifs is 5. The van der Waals surface area contributed by atoms with Gasteiger partial charge in [0, 0.05) is 6.07 Å². The summed E-state index contributed by atoms with van der Waals surface area (Å²) in [6.07, 6.45) is 6.08. The fourth-order valence-electron chi connectivity index (χ4n) is 3.88. The summed E-state index contributed by atoms with van der Waals surface area (Å²) in [6.45, 7) is 0. The molecule has 7 nitrogen and oxygen atoms in total. The van der Waals surface area contributed by atoms with Crippen molar-refractivity contribution in [2.45, 2.75) is 6.42 Å². The normalized spacial score (nSPS) is 31.4. The third-order valence-corrected chi connectivity index (χ3v) is 4.89. The lowest BCUT2D eigenvalue weighted by Gasteiger charge is -2.13. The average molecular weight is 311 g/mol. The molecule has 1 aromatic carbocycles. The number of nitro groups is 1. The highest BCUT2D eigenvalue weighted by atomic mass is 16.6. The molecule has 23 heavy (non-hydrogen) atoms. The molecule has 116 valence electrons. The third-order valence-electron chi connectivity index (χ3n) is 4.89. The van der Waals surface area contributed by atoms with Crippen LogP contribution >= 0.6 is 0 Å². The number of rotatable bonds is 3. The Morgan fingerprint density at radius 3 is 2.35 bits per heavy atom. The van der Waals surface area contributed by atoms with Crippen LogP contribution in [0.2, 0.25) is 0 Å². The molecule has 0 unspecified atom stereocenters. The Morgan fingerprint density at radius 1 is 1.13 bits per heavy atom. The molecule has 3 aliphatic rings. The van der Waals surface area contributed by atoms with Crippen LogP contribution in [0.4, 0.5) is 5.69 Å². The van der Waals surface area contributed by atoms with E-state index in [1.165, 1.54) is 18.3 Å². The van der Waals surface area contributed by atoms with Crippen LogP contribution in [0.5, 0.6) is 0 Å². The van der Waals surface area contributed by atoms with Gasteiger partial charge in [-0.3, -0.25) is 19.7 Å². The van der Waals surface area contributed by atoms with Gasteiger partial charge in [0.15, 0.2) is 0 Å². The first-order valence-corrected chi connectivity index (χ1v) is 7.41. The van der Waals surface area contributed by atoms with Crippen LogP contribution in [0, 0.1) is 33.8 Å². The summed E-state index contributed by atoms with van der Waals surface area (Å²) in [4.78, 5) is 35.4. The molecule has 4 rings (SSSR count). The zero-order chi connectivity index (χ0) is 16.1. The lowest BCUT2D eigenvalue weighted by molar-refractivity contribution is -0.385. The second-order valence-electron chi connectivity index (χ2n) is 6.05. The molecule has 0 radical (unpaired) electrons. The summed E-state index contributed by atoms with van der Waals surface area (Å²) in [5, 5.41) is 15.8. The van der Waals surface area contributed by atoms with Crippen molar-refractivity contribution in [3.63, 3.8) is 0 Å². The van der Waals surface area contributed by atoms with E-state index < -0.39 is 4.92 Å². The largest absolute Gasteiger partial charge is 0.278 e. The number of hydrogen-bond donors (Lipinski definition) is 0. The number of para-hydroxylation sites is 1. The maximum atomic E-state index is 12.5. The van der Waals surface area contributed by atoms with Crippen LogP contribution in [0.25, 0.3) is 0 Å². The van der Waals surface area contributed by atoms with Gasteiger partial charge in [0.05, 0.1) is 28.5 Å². The minimum Gasteiger partial charge on any atom is -0.272 e. The number of amides is 2. The molecule has 2 amide bonds. The zero-order valence-corrected chi connectivity index (χ0v) is 12.0. The van der Waals surface area contributed by atoms with Crippen molar-refractivity contribution < 1.29 is 14.5 Å². The Balaban J connectivity index is 1.62. The standard InChI is InChI=1S/C16H13N3O4/c20-15-13-9-5-6-10(7-9)14(13)16(21)18(15)17-8-11-3-1-2-4-12(11)19(22)23/h1-6,8-10,13-14H,7H2/b17-8-/t9-,10+,13-,14-/m0/s1. The van der Waals surface area contributed by atoms with E-state index in [0.717, 1.165) is 11.4 Å². The van der Waals surface area contributed by atoms with E-state index in [9.17, 15) is 19.7 Å². The summed E-state index contributed by atoms with van der Waals surface area (Å²) in [7, 11) is 0. The van der Waals surface area contributed by atoms with Gasteiger partial charge in [0.25, 0.3) is 17.5 Å². The minimum absolute atomic E-state index is 0.114. The highest BCUT2D eigenvalue weighted by Gasteiger charge is 2.59. The molecule has 2 aliphatic carbocycles. The van der Waals surface area contributed by atoms with Gasteiger partial charge in [-0.25, -0.2) is 0 Å². The second-order valence-corrected chi connectivity index (χ2v) is 6.05. The first kappa shape index (κ1) is 13.8. The SMILES string of the molecule is O=C1[C@@H]2[C@@H](C(=O)N1/N=C\c1ccccc1[N+](=O)[O-])[C@H]1C=C[C@@H]2C1. The third kappa shape index (κ3) is 1.93. The van der Waals surface area contributed by atoms with Gasteiger partial charge in [0.1, 0.15) is 0 Å². The van der Waals surface area contributed by atoms with Gasteiger partial charge in [-0.05, 0) is 24.3 Å². The number of imide groups is 1. The van der Waals surface area contributed by atoms with Gasteiger partial charge in [-0.15, -0.1) is 0 Å². The molecule has 7 heteroatoms. The van der Waals surface area contributed by atoms with Crippen LogP contribution in [0.1, 0.15) is 12.0 Å². The van der Waals surface area contributed by atoms with Crippen LogP contribution in [-0.2, 0) is 9.59 Å². The first-order chi connectivity index (χ1) is 11.1. The van der Waals surface area contributed by atoms with Crippen molar-refractivity contribution in [3.8, 4) is 0 Å². The number of benzene rings is 1.